The first-order valence-corrected chi connectivity index (χ1v) is 6.72. The molecule has 1 fully saturated rings. The van der Waals surface area contributed by atoms with Crippen LogP contribution in [0.15, 0.2) is 48.7 Å². The molecule has 20 heavy (non-hydrogen) atoms. The van der Waals surface area contributed by atoms with Gasteiger partial charge in [0, 0.05) is 17.7 Å². The van der Waals surface area contributed by atoms with Crippen molar-refractivity contribution in [3.63, 3.8) is 0 Å². The van der Waals surface area contributed by atoms with E-state index in [1.807, 2.05) is 53.1 Å². The number of hydrogen-bond acceptors (Lipinski definition) is 2. The maximum absolute atomic E-state index is 12.6. The smallest absolute Gasteiger partial charge is 0.169 e. The van der Waals surface area contributed by atoms with E-state index in [4.69, 9.17) is 5.26 Å². The monoisotopic (exact) mass is 260 g/mol. The van der Waals surface area contributed by atoms with Crippen LogP contribution in [-0.2, 0) is 0 Å². The largest absolute Gasteiger partial charge is 0.316 e. The van der Waals surface area contributed by atoms with E-state index < -0.39 is 0 Å². The van der Waals surface area contributed by atoms with Gasteiger partial charge >= 0.3 is 0 Å². The highest BCUT2D eigenvalue weighted by Gasteiger charge is 2.44. The van der Waals surface area contributed by atoms with Crippen LogP contribution in [0.25, 0.3) is 16.4 Å². The zero-order valence-electron chi connectivity index (χ0n) is 10.8. The number of hydrogen-bond donors (Lipinski definition) is 0. The molecule has 4 rings (SSSR count). The molecule has 0 saturated heterocycles. The van der Waals surface area contributed by atoms with Crippen LogP contribution in [0, 0.1) is 23.2 Å². The average molecular weight is 260 g/mol. The van der Waals surface area contributed by atoms with Gasteiger partial charge in [0.2, 0.25) is 0 Å². The van der Waals surface area contributed by atoms with E-state index in [2.05, 4.69) is 6.07 Å². The van der Waals surface area contributed by atoms with Gasteiger partial charge in [-0.2, -0.15) is 5.26 Å². The molecule has 3 heteroatoms. The number of aromatic nitrogens is 1. The third-order valence-corrected chi connectivity index (χ3v) is 4.08. The van der Waals surface area contributed by atoms with Crippen molar-refractivity contribution in [2.24, 2.45) is 11.8 Å². The molecule has 2 heterocycles. The third kappa shape index (κ3) is 1.48. The number of fused-ring (bicyclic) bond motifs is 3. The number of carbonyl (C=O) groups is 1. The van der Waals surface area contributed by atoms with Crippen molar-refractivity contribution in [1.82, 2.24) is 4.40 Å². The Hall–Kier alpha value is -2.60. The van der Waals surface area contributed by atoms with Crippen LogP contribution < -0.4 is 0 Å². The molecule has 0 radical (unpaired) electrons. The fraction of sp³-hybridized carbons (Fsp3) is 0.176. The Morgan fingerprint density at radius 1 is 1.20 bits per heavy atom. The van der Waals surface area contributed by atoms with Gasteiger partial charge in [0.1, 0.15) is 0 Å². The van der Waals surface area contributed by atoms with Crippen molar-refractivity contribution in [2.75, 3.05) is 0 Å². The highest BCUT2D eigenvalue weighted by atomic mass is 16.1. The van der Waals surface area contributed by atoms with Crippen LogP contribution in [-0.4, -0.2) is 10.2 Å². The Morgan fingerprint density at radius 2 is 2.00 bits per heavy atom. The molecule has 0 N–H and O–H groups in total. The summed E-state index contributed by atoms with van der Waals surface area (Å²) in [7, 11) is 0. The van der Waals surface area contributed by atoms with Crippen molar-refractivity contribution < 1.29 is 4.79 Å². The number of rotatable bonds is 2. The van der Waals surface area contributed by atoms with E-state index in [0.717, 1.165) is 22.0 Å². The zero-order valence-corrected chi connectivity index (χ0v) is 10.8. The van der Waals surface area contributed by atoms with Crippen molar-refractivity contribution in [2.45, 2.75) is 6.42 Å². The fourth-order valence-corrected chi connectivity index (χ4v) is 2.89. The second kappa shape index (κ2) is 3.94. The van der Waals surface area contributed by atoms with Gasteiger partial charge in [0.15, 0.2) is 5.78 Å². The molecule has 3 nitrogen and oxygen atoms in total. The topological polar surface area (TPSA) is 45.3 Å². The number of carbonyl (C=O) groups excluding carboxylic acids is 1. The molecule has 2 atom stereocenters. The lowest BCUT2D eigenvalue weighted by Gasteiger charge is -2.08. The quantitative estimate of drug-likeness (QED) is 0.662. The summed E-state index contributed by atoms with van der Waals surface area (Å²) < 4.78 is 2.05. The highest BCUT2D eigenvalue weighted by Crippen LogP contribution is 2.41. The van der Waals surface area contributed by atoms with Crippen LogP contribution in [0.5, 0.6) is 0 Å². The van der Waals surface area contributed by atoms with Crippen molar-refractivity contribution >= 4 is 22.2 Å². The van der Waals surface area contributed by atoms with Crippen molar-refractivity contribution in [3.05, 3.63) is 54.2 Å². The molecule has 0 amide bonds. The molecule has 96 valence electrons. The molecule has 2 unspecified atom stereocenters. The molecule has 3 aromatic rings. The van der Waals surface area contributed by atoms with E-state index in [1.54, 1.807) is 0 Å². The van der Waals surface area contributed by atoms with Crippen LogP contribution >= 0.6 is 0 Å². The molecule has 1 aliphatic rings. The molecular formula is C17H12N2O. The normalized spacial score (nSPS) is 20.9. The second-order valence-corrected chi connectivity index (χ2v) is 5.32. The van der Waals surface area contributed by atoms with Gasteiger partial charge in [-0.1, -0.05) is 18.2 Å². The first-order chi connectivity index (χ1) is 9.79. The van der Waals surface area contributed by atoms with Gasteiger partial charge in [-0.25, -0.2) is 0 Å². The zero-order chi connectivity index (χ0) is 13.7. The minimum Gasteiger partial charge on any atom is -0.316 e. The molecule has 0 aliphatic heterocycles. The standard InChI is InChI=1S/C17H12N2O/c18-10-12-9-13(12)17(20)14-8-11-4-1-2-5-15(11)19-7-3-6-16(14)19/h1-8,12-13H,9H2. The molecule has 1 saturated carbocycles. The molecule has 1 aliphatic carbocycles. The highest BCUT2D eigenvalue weighted by molar-refractivity contribution is 6.08. The van der Waals surface area contributed by atoms with Gasteiger partial charge in [-0.3, -0.25) is 4.79 Å². The predicted molar refractivity (Wildman–Crippen MR) is 76.4 cm³/mol. The SMILES string of the molecule is N#CC1CC1C(=O)c1cc2ccccc2n2cccc12. The number of benzene rings is 1. The summed E-state index contributed by atoms with van der Waals surface area (Å²) in [6.07, 6.45) is 2.68. The lowest BCUT2D eigenvalue weighted by Crippen LogP contribution is -2.06. The van der Waals surface area contributed by atoms with Crippen LogP contribution in [0.2, 0.25) is 0 Å². The Bertz CT molecular complexity index is 885. The van der Waals surface area contributed by atoms with E-state index in [-0.39, 0.29) is 17.6 Å². The number of nitriles is 1. The van der Waals surface area contributed by atoms with Crippen molar-refractivity contribution in [3.8, 4) is 6.07 Å². The van der Waals surface area contributed by atoms with Gasteiger partial charge in [-0.15, -0.1) is 0 Å². The minimum absolute atomic E-state index is 0.0935. The number of para-hydroxylation sites is 1. The molecule has 0 spiro atoms. The third-order valence-electron chi connectivity index (χ3n) is 4.08. The summed E-state index contributed by atoms with van der Waals surface area (Å²) in [6.45, 7) is 0. The lowest BCUT2D eigenvalue weighted by molar-refractivity contribution is 0.0965. The number of pyridine rings is 1. The van der Waals surface area contributed by atoms with Crippen LogP contribution in [0.1, 0.15) is 16.8 Å². The predicted octanol–water partition coefficient (Wildman–Crippen LogP) is 3.43. The summed E-state index contributed by atoms with van der Waals surface area (Å²) in [5.74, 6) is -0.102. The summed E-state index contributed by atoms with van der Waals surface area (Å²) in [5.41, 5.74) is 2.76. The Kier molecular flexibility index (Phi) is 2.22. The Morgan fingerprint density at radius 3 is 2.80 bits per heavy atom. The second-order valence-electron chi connectivity index (χ2n) is 5.32. The van der Waals surface area contributed by atoms with Crippen molar-refractivity contribution in [1.29, 1.82) is 5.26 Å². The first-order valence-electron chi connectivity index (χ1n) is 6.72. The van der Waals surface area contributed by atoms with Crippen LogP contribution in [0.4, 0.5) is 0 Å². The van der Waals surface area contributed by atoms with E-state index in [9.17, 15) is 4.79 Å². The summed E-state index contributed by atoms with van der Waals surface area (Å²) in [4.78, 5) is 12.6. The summed E-state index contributed by atoms with van der Waals surface area (Å²) >= 11 is 0. The van der Waals surface area contributed by atoms with Gasteiger partial charge in [0.25, 0.3) is 0 Å². The van der Waals surface area contributed by atoms with Gasteiger partial charge in [0.05, 0.1) is 23.0 Å². The average Bonchev–Trinajstić information content (AvgIpc) is 3.12. The molecular weight excluding hydrogens is 248 g/mol. The Balaban J connectivity index is 1.96. The van der Waals surface area contributed by atoms with Crippen LogP contribution in [0.3, 0.4) is 0 Å². The van der Waals surface area contributed by atoms with E-state index >= 15 is 0 Å². The van der Waals surface area contributed by atoms with Gasteiger partial charge < -0.3 is 4.40 Å². The minimum atomic E-state index is -0.111. The maximum Gasteiger partial charge on any atom is 0.169 e. The summed E-state index contributed by atoms with van der Waals surface area (Å²) in [6, 6.07) is 16.1. The van der Waals surface area contributed by atoms with E-state index in [0.29, 0.717) is 6.42 Å². The lowest BCUT2D eigenvalue weighted by atomic mass is 10.0. The molecule has 0 bridgehead atoms. The van der Waals surface area contributed by atoms with Gasteiger partial charge in [-0.05, 0) is 36.1 Å². The maximum atomic E-state index is 12.6. The molecule has 2 aromatic heterocycles. The Labute approximate surface area is 116 Å². The van der Waals surface area contributed by atoms with E-state index in [1.165, 1.54) is 0 Å². The number of Topliss-reactive ketones (excluding diaryl/α,β-unsaturated/α-hetero) is 1. The first kappa shape index (κ1) is 11.2. The summed E-state index contributed by atoms with van der Waals surface area (Å²) in [5, 5.41) is 9.96. The molecule has 1 aromatic carbocycles. The number of nitrogens with zero attached hydrogens (tertiary/aromatic N) is 2. The number of ketones is 1. The fourth-order valence-electron chi connectivity index (χ4n) is 2.89.